The first kappa shape index (κ1) is 16.3. The number of carboxylic acids is 1. The van der Waals surface area contributed by atoms with Gasteiger partial charge in [-0.2, -0.15) is 0 Å². The molecule has 4 heteroatoms. The van der Waals surface area contributed by atoms with Crippen LogP contribution in [-0.2, 0) is 9.59 Å². The molecule has 1 N–H and O–H groups in total. The lowest BCUT2D eigenvalue weighted by Gasteiger charge is -2.41. The average Bonchev–Trinajstić information content (AvgIpc) is 2.38. The van der Waals surface area contributed by atoms with Gasteiger partial charge in [-0.15, -0.1) is 0 Å². The van der Waals surface area contributed by atoms with Crippen molar-refractivity contribution in [2.75, 3.05) is 6.54 Å². The number of piperidine rings is 1. The molecule has 1 aliphatic carbocycles. The zero-order valence-electron chi connectivity index (χ0n) is 13.4. The smallest absolute Gasteiger partial charge is 0.303 e. The average molecular weight is 295 g/mol. The number of carbonyl (C=O) groups is 2. The summed E-state index contributed by atoms with van der Waals surface area (Å²) in [6.45, 7) is 5.20. The van der Waals surface area contributed by atoms with Crippen molar-refractivity contribution in [1.29, 1.82) is 0 Å². The fourth-order valence-electron chi connectivity index (χ4n) is 4.24. The number of amides is 1. The second kappa shape index (κ2) is 6.80. The lowest BCUT2D eigenvalue weighted by Crippen LogP contribution is -2.46. The van der Waals surface area contributed by atoms with Crippen LogP contribution in [0, 0.1) is 11.3 Å². The summed E-state index contributed by atoms with van der Waals surface area (Å²) in [4.78, 5) is 25.9. The van der Waals surface area contributed by atoms with E-state index >= 15 is 0 Å². The van der Waals surface area contributed by atoms with Gasteiger partial charge in [0, 0.05) is 19.0 Å². The predicted molar refractivity (Wildman–Crippen MR) is 82.0 cm³/mol. The van der Waals surface area contributed by atoms with Gasteiger partial charge in [0.25, 0.3) is 0 Å². The van der Waals surface area contributed by atoms with E-state index in [1.807, 2.05) is 4.90 Å². The van der Waals surface area contributed by atoms with Crippen LogP contribution in [-0.4, -0.2) is 34.5 Å². The Balaban J connectivity index is 2.02. The molecule has 2 atom stereocenters. The van der Waals surface area contributed by atoms with Crippen molar-refractivity contribution in [2.24, 2.45) is 11.3 Å². The van der Waals surface area contributed by atoms with E-state index in [4.69, 9.17) is 0 Å². The second-order valence-electron chi connectivity index (χ2n) is 7.37. The molecule has 1 aliphatic heterocycles. The van der Waals surface area contributed by atoms with Crippen LogP contribution in [0.4, 0.5) is 0 Å². The molecule has 4 nitrogen and oxygen atoms in total. The minimum Gasteiger partial charge on any atom is -0.481 e. The van der Waals surface area contributed by atoms with Gasteiger partial charge in [0.15, 0.2) is 0 Å². The molecule has 21 heavy (non-hydrogen) atoms. The number of hydrogen-bond donors (Lipinski definition) is 1. The monoisotopic (exact) mass is 295 g/mol. The van der Waals surface area contributed by atoms with Crippen molar-refractivity contribution in [3.05, 3.63) is 0 Å². The highest BCUT2D eigenvalue weighted by molar-refractivity contribution is 5.78. The molecule has 0 radical (unpaired) electrons. The minimum absolute atomic E-state index is 0.150. The van der Waals surface area contributed by atoms with Crippen LogP contribution in [0.25, 0.3) is 0 Å². The Morgan fingerprint density at radius 1 is 1.14 bits per heavy atom. The molecule has 0 spiro atoms. The lowest BCUT2D eigenvalue weighted by atomic mass is 9.69. The fourth-order valence-corrected chi connectivity index (χ4v) is 4.24. The fraction of sp³-hybridized carbons (Fsp3) is 0.882. The first-order valence-electron chi connectivity index (χ1n) is 8.43. The SMILES string of the molecule is CC1CCN(C(=O)CC2(CC(=O)O)CCCCC2)C(C)C1. The van der Waals surface area contributed by atoms with E-state index in [2.05, 4.69) is 13.8 Å². The van der Waals surface area contributed by atoms with Crippen LogP contribution in [0.1, 0.15) is 71.6 Å². The topological polar surface area (TPSA) is 57.6 Å². The largest absolute Gasteiger partial charge is 0.481 e. The number of nitrogens with zero attached hydrogens (tertiary/aromatic N) is 1. The number of carboxylic acid groups (broad SMARTS) is 1. The molecule has 1 amide bonds. The Bertz CT molecular complexity index is 387. The van der Waals surface area contributed by atoms with Gasteiger partial charge in [0.1, 0.15) is 0 Å². The Morgan fingerprint density at radius 2 is 1.81 bits per heavy atom. The van der Waals surface area contributed by atoms with E-state index in [-0.39, 0.29) is 17.7 Å². The molecule has 2 rings (SSSR count). The predicted octanol–water partition coefficient (Wildman–Crippen LogP) is 3.45. The van der Waals surface area contributed by atoms with E-state index in [1.54, 1.807) is 0 Å². The zero-order chi connectivity index (χ0) is 15.5. The van der Waals surface area contributed by atoms with Crippen LogP contribution in [0.3, 0.4) is 0 Å². The molecular formula is C17H29NO3. The molecule has 120 valence electrons. The summed E-state index contributed by atoms with van der Waals surface area (Å²) in [6, 6.07) is 0.298. The highest BCUT2D eigenvalue weighted by Gasteiger charge is 2.38. The van der Waals surface area contributed by atoms with Crippen LogP contribution in [0.2, 0.25) is 0 Å². The van der Waals surface area contributed by atoms with Crippen LogP contribution < -0.4 is 0 Å². The quantitative estimate of drug-likeness (QED) is 0.864. The summed E-state index contributed by atoms with van der Waals surface area (Å²) < 4.78 is 0. The van der Waals surface area contributed by atoms with Gasteiger partial charge in [-0.1, -0.05) is 26.2 Å². The lowest BCUT2D eigenvalue weighted by molar-refractivity contribution is -0.143. The maximum atomic E-state index is 12.7. The molecular weight excluding hydrogens is 266 g/mol. The minimum atomic E-state index is -0.759. The highest BCUT2D eigenvalue weighted by Crippen LogP contribution is 2.43. The van der Waals surface area contributed by atoms with Crippen molar-refractivity contribution in [3.63, 3.8) is 0 Å². The van der Waals surface area contributed by atoms with Crippen molar-refractivity contribution in [2.45, 2.75) is 77.7 Å². The molecule has 2 fully saturated rings. The molecule has 2 aliphatic rings. The van der Waals surface area contributed by atoms with Gasteiger partial charge in [-0.25, -0.2) is 0 Å². The van der Waals surface area contributed by atoms with Crippen LogP contribution >= 0.6 is 0 Å². The summed E-state index contributed by atoms with van der Waals surface area (Å²) in [7, 11) is 0. The summed E-state index contributed by atoms with van der Waals surface area (Å²) in [5.74, 6) is 0.106. The van der Waals surface area contributed by atoms with Crippen LogP contribution in [0.15, 0.2) is 0 Å². The Morgan fingerprint density at radius 3 is 2.38 bits per heavy atom. The second-order valence-corrected chi connectivity index (χ2v) is 7.37. The van der Waals surface area contributed by atoms with Crippen molar-refractivity contribution in [1.82, 2.24) is 4.90 Å². The van der Waals surface area contributed by atoms with Gasteiger partial charge in [-0.3, -0.25) is 9.59 Å². The third-order valence-corrected chi connectivity index (χ3v) is 5.43. The van der Waals surface area contributed by atoms with E-state index < -0.39 is 5.97 Å². The summed E-state index contributed by atoms with van der Waals surface area (Å²) in [5, 5.41) is 9.22. The van der Waals surface area contributed by atoms with Gasteiger partial charge in [0.2, 0.25) is 5.91 Å². The Hall–Kier alpha value is -1.06. The maximum absolute atomic E-state index is 12.7. The molecule has 0 bridgehead atoms. The first-order valence-corrected chi connectivity index (χ1v) is 8.43. The summed E-state index contributed by atoms with van der Waals surface area (Å²) >= 11 is 0. The molecule has 0 aromatic heterocycles. The maximum Gasteiger partial charge on any atom is 0.303 e. The summed E-state index contributed by atoms with van der Waals surface area (Å²) in [5.41, 5.74) is -0.288. The molecule has 2 unspecified atom stereocenters. The van der Waals surface area contributed by atoms with Gasteiger partial charge >= 0.3 is 5.97 Å². The number of hydrogen-bond acceptors (Lipinski definition) is 2. The van der Waals surface area contributed by atoms with Crippen molar-refractivity contribution in [3.8, 4) is 0 Å². The molecule has 1 saturated heterocycles. The Labute approximate surface area is 127 Å². The molecule has 0 aromatic carbocycles. The molecule has 1 heterocycles. The van der Waals surface area contributed by atoms with E-state index in [0.717, 1.165) is 45.1 Å². The Kier molecular flexibility index (Phi) is 5.28. The van der Waals surface area contributed by atoms with E-state index in [0.29, 0.717) is 18.4 Å². The standard InChI is InChI=1S/C17H29NO3/c1-13-6-9-18(14(2)10-13)15(19)11-17(12-16(20)21)7-4-3-5-8-17/h13-14H,3-12H2,1-2H3,(H,20,21). The molecule has 1 saturated carbocycles. The van der Waals surface area contributed by atoms with Gasteiger partial charge < -0.3 is 10.0 Å². The van der Waals surface area contributed by atoms with E-state index in [9.17, 15) is 14.7 Å². The van der Waals surface area contributed by atoms with Gasteiger partial charge in [-0.05, 0) is 43.9 Å². The third-order valence-electron chi connectivity index (χ3n) is 5.43. The van der Waals surface area contributed by atoms with E-state index in [1.165, 1.54) is 6.42 Å². The zero-order valence-corrected chi connectivity index (χ0v) is 13.4. The normalized spacial score (nSPS) is 29.1. The third kappa shape index (κ3) is 4.21. The molecule has 0 aromatic rings. The number of rotatable bonds is 4. The summed E-state index contributed by atoms with van der Waals surface area (Å²) in [6.07, 6.45) is 7.80. The number of aliphatic carboxylic acids is 1. The van der Waals surface area contributed by atoms with Crippen molar-refractivity contribution >= 4 is 11.9 Å². The van der Waals surface area contributed by atoms with Gasteiger partial charge in [0.05, 0.1) is 6.42 Å². The highest BCUT2D eigenvalue weighted by atomic mass is 16.4. The van der Waals surface area contributed by atoms with Crippen LogP contribution in [0.5, 0.6) is 0 Å². The van der Waals surface area contributed by atoms with Crippen molar-refractivity contribution < 1.29 is 14.7 Å². The number of carbonyl (C=O) groups excluding carboxylic acids is 1. The first-order chi connectivity index (χ1) is 9.92. The number of likely N-dealkylation sites (tertiary alicyclic amines) is 1.